The van der Waals surface area contributed by atoms with Crippen molar-refractivity contribution >= 4 is 17.4 Å². The third-order valence-electron chi connectivity index (χ3n) is 2.04. The summed E-state index contributed by atoms with van der Waals surface area (Å²) in [5.41, 5.74) is 5.96. The molecule has 1 aromatic heterocycles. The van der Waals surface area contributed by atoms with Gasteiger partial charge in [-0.25, -0.2) is 9.37 Å². The SMILES string of the molecule is Nc1cn(Cc2cccc(Cl)c2F)cn1. The van der Waals surface area contributed by atoms with Crippen LogP contribution in [0.5, 0.6) is 0 Å². The van der Waals surface area contributed by atoms with Crippen LogP contribution in [0.25, 0.3) is 0 Å². The quantitative estimate of drug-likeness (QED) is 0.853. The molecule has 1 heterocycles. The van der Waals surface area contributed by atoms with Gasteiger partial charge in [-0.05, 0) is 6.07 Å². The summed E-state index contributed by atoms with van der Waals surface area (Å²) in [5.74, 6) is 0.0175. The average molecular weight is 226 g/mol. The number of imidazole rings is 1. The van der Waals surface area contributed by atoms with Crippen molar-refractivity contribution in [2.24, 2.45) is 0 Å². The monoisotopic (exact) mass is 225 g/mol. The van der Waals surface area contributed by atoms with Crippen LogP contribution in [0.4, 0.5) is 10.2 Å². The number of benzene rings is 1. The number of hydrogen-bond donors (Lipinski definition) is 1. The second-order valence-corrected chi connectivity index (χ2v) is 3.59. The lowest BCUT2D eigenvalue weighted by Crippen LogP contribution is -1.99. The highest BCUT2D eigenvalue weighted by atomic mass is 35.5. The highest BCUT2D eigenvalue weighted by Gasteiger charge is 2.06. The molecular weight excluding hydrogens is 217 g/mol. The second kappa shape index (κ2) is 3.90. The van der Waals surface area contributed by atoms with Crippen LogP contribution in [0, 0.1) is 5.82 Å². The first-order chi connectivity index (χ1) is 7.16. The third kappa shape index (κ3) is 2.10. The number of nitrogens with two attached hydrogens (primary N) is 1. The average Bonchev–Trinajstić information content (AvgIpc) is 2.59. The summed E-state index contributed by atoms with van der Waals surface area (Å²) in [4.78, 5) is 3.85. The highest BCUT2D eigenvalue weighted by molar-refractivity contribution is 6.30. The Bertz CT molecular complexity index is 481. The van der Waals surface area contributed by atoms with Gasteiger partial charge in [0.2, 0.25) is 0 Å². The topological polar surface area (TPSA) is 43.8 Å². The molecule has 0 aliphatic rings. The molecule has 2 aromatic rings. The summed E-state index contributed by atoms with van der Waals surface area (Å²) >= 11 is 5.66. The Hall–Kier alpha value is -1.55. The summed E-state index contributed by atoms with van der Waals surface area (Å²) < 4.78 is 15.2. The second-order valence-electron chi connectivity index (χ2n) is 3.18. The van der Waals surface area contributed by atoms with Crippen molar-refractivity contribution in [3.63, 3.8) is 0 Å². The van der Waals surface area contributed by atoms with Gasteiger partial charge in [-0.15, -0.1) is 0 Å². The summed E-state index contributed by atoms with van der Waals surface area (Å²) in [6, 6.07) is 4.90. The van der Waals surface area contributed by atoms with E-state index in [0.717, 1.165) is 0 Å². The van der Waals surface area contributed by atoms with Crippen LogP contribution in [0.1, 0.15) is 5.56 Å². The number of hydrogen-bond acceptors (Lipinski definition) is 2. The Morgan fingerprint density at radius 2 is 2.27 bits per heavy atom. The van der Waals surface area contributed by atoms with E-state index >= 15 is 0 Å². The molecule has 2 N–H and O–H groups in total. The van der Waals surface area contributed by atoms with E-state index < -0.39 is 5.82 Å². The van der Waals surface area contributed by atoms with Crippen molar-refractivity contribution in [1.82, 2.24) is 9.55 Å². The molecule has 0 radical (unpaired) electrons. The number of anilines is 1. The predicted molar refractivity (Wildman–Crippen MR) is 57.2 cm³/mol. The molecule has 78 valence electrons. The minimum Gasteiger partial charge on any atom is -0.382 e. The largest absolute Gasteiger partial charge is 0.382 e. The zero-order valence-electron chi connectivity index (χ0n) is 7.82. The zero-order valence-corrected chi connectivity index (χ0v) is 8.58. The molecule has 1 aromatic carbocycles. The van der Waals surface area contributed by atoms with E-state index in [1.165, 1.54) is 6.07 Å². The van der Waals surface area contributed by atoms with Gasteiger partial charge in [0.1, 0.15) is 11.6 Å². The number of aromatic nitrogens is 2. The zero-order chi connectivity index (χ0) is 10.8. The van der Waals surface area contributed by atoms with Gasteiger partial charge in [-0.3, -0.25) is 0 Å². The molecule has 2 rings (SSSR count). The molecule has 5 heteroatoms. The Morgan fingerprint density at radius 3 is 2.93 bits per heavy atom. The summed E-state index contributed by atoms with van der Waals surface area (Å²) in [6.07, 6.45) is 3.19. The fraction of sp³-hybridized carbons (Fsp3) is 0.100. The molecule has 3 nitrogen and oxygen atoms in total. The Morgan fingerprint density at radius 1 is 1.47 bits per heavy atom. The lowest BCUT2D eigenvalue weighted by atomic mass is 10.2. The van der Waals surface area contributed by atoms with Gasteiger partial charge in [-0.1, -0.05) is 23.7 Å². The minimum atomic E-state index is -0.397. The van der Waals surface area contributed by atoms with E-state index in [9.17, 15) is 4.39 Å². The normalized spacial score (nSPS) is 10.5. The van der Waals surface area contributed by atoms with Crippen molar-refractivity contribution in [2.75, 3.05) is 5.73 Å². The smallest absolute Gasteiger partial charge is 0.146 e. The van der Waals surface area contributed by atoms with Crippen LogP contribution >= 0.6 is 11.6 Å². The molecule has 15 heavy (non-hydrogen) atoms. The van der Waals surface area contributed by atoms with Crippen LogP contribution in [0.15, 0.2) is 30.7 Å². The molecule has 0 fully saturated rings. The lowest BCUT2D eigenvalue weighted by molar-refractivity contribution is 0.600. The fourth-order valence-corrected chi connectivity index (χ4v) is 1.53. The van der Waals surface area contributed by atoms with Crippen LogP contribution in [0.3, 0.4) is 0 Å². The standard InChI is InChI=1S/C10H9ClFN3/c11-8-3-1-2-7(10(8)12)4-15-5-9(13)14-6-15/h1-3,5-6H,4,13H2. The number of halogens is 2. The maximum atomic E-state index is 13.5. The van der Waals surface area contributed by atoms with Gasteiger partial charge in [0.25, 0.3) is 0 Å². The minimum absolute atomic E-state index is 0.126. The first-order valence-corrected chi connectivity index (χ1v) is 4.75. The summed E-state index contributed by atoms with van der Waals surface area (Å²) in [5, 5.41) is 0.126. The molecule has 0 bridgehead atoms. The van der Waals surface area contributed by atoms with Gasteiger partial charge in [-0.2, -0.15) is 0 Å². The highest BCUT2D eigenvalue weighted by Crippen LogP contribution is 2.18. The maximum absolute atomic E-state index is 13.5. The number of nitrogens with zero attached hydrogens (tertiary/aromatic N) is 2. The Labute approximate surface area is 91.3 Å². The van der Waals surface area contributed by atoms with Gasteiger partial charge < -0.3 is 10.3 Å². The first kappa shape index (κ1) is 9.98. The van der Waals surface area contributed by atoms with E-state index in [4.69, 9.17) is 17.3 Å². The molecule has 0 saturated carbocycles. The lowest BCUT2D eigenvalue weighted by Gasteiger charge is -2.04. The van der Waals surface area contributed by atoms with E-state index in [-0.39, 0.29) is 5.02 Å². The van der Waals surface area contributed by atoms with E-state index in [1.54, 1.807) is 29.2 Å². The molecule has 0 unspecified atom stereocenters. The van der Waals surface area contributed by atoms with Crippen LogP contribution in [0.2, 0.25) is 5.02 Å². The van der Waals surface area contributed by atoms with E-state index in [1.807, 2.05) is 0 Å². The molecular formula is C10H9ClFN3. The fourth-order valence-electron chi connectivity index (χ4n) is 1.33. The van der Waals surface area contributed by atoms with Crippen molar-refractivity contribution in [2.45, 2.75) is 6.54 Å². The molecule has 0 amide bonds. The Kier molecular flexibility index (Phi) is 2.60. The van der Waals surface area contributed by atoms with Gasteiger partial charge in [0, 0.05) is 11.8 Å². The van der Waals surface area contributed by atoms with Gasteiger partial charge >= 0.3 is 0 Å². The van der Waals surface area contributed by atoms with Crippen molar-refractivity contribution in [3.05, 3.63) is 47.1 Å². The predicted octanol–water partition coefficient (Wildman–Crippen LogP) is 2.31. The number of nitrogen functional groups attached to an aromatic ring is 1. The molecule has 0 atom stereocenters. The van der Waals surface area contributed by atoms with Gasteiger partial charge in [0.05, 0.1) is 17.9 Å². The molecule has 0 spiro atoms. The van der Waals surface area contributed by atoms with Crippen LogP contribution < -0.4 is 5.73 Å². The maximum Gasteiger partial charge on any atom is 0.146 e. The number of rotatable bonds is 2. The van der Waals surface area contributed by atoms with Crippen LogP contribution in [-0.4, -0.2) is 9.55 Å². The van der Waals surface area contributed by atoms with E-state index in [2.05, 4.69) is 4.98 Å². The van der Waals surface area contributed by atoms with Crippen molar-refractivity contribution in [3.8, 4) is 0 Å². The first-order valence-electron chi connectivity index (χ1n) is 4.37. The van der Waals surface area contributed by atoms with Crippen molar-refractivity contribution in [1.29, 1.82) is 0 Å². The molecule has 0 saturated heterocycles. The summed E-state index contributed by atoms with van der Waals surface area (Å²) in [6.45, 7) is 0.372. The molecule has 0 aliphatic heterocycles. The van der Waals surface area contributed by atoms with Crippen LogP contribution in [-0.2, 0) is 6.54 Å². The van der Waals surface area contributed by atoms with Crippen molar-refractivity contribution < 1.29 is 4.39 Å². The summed E-state index contributed by atoms with van der Waals surface area (Å²) in [7, 11) is 0. The van der Waals surface area contributed by atoms with E-state index in [0.29, 0.717) is 17.9 Å². The molecule has 0 aliphatic carbocycles. The third-order valence-corrected chi connectivity index (χ3v) is 2.33. The van der Waals surface area contributed by atoms with Gasteiger partial charge in [0.15, 0.2) is 0 Å². The Balaban J connectivity index is 2.28.